The molecular weight excluding hydrogens is 417 g/mol. The number of carbonyl (C=O) groups excluding carboxylic acids is 1. The molecule has 2 aliphatic rings. The average Bonchev–Trinajstić information content (AvgIpc) is 2.93. The topological polar surface area (TPSA) is 48.0 Å². The molecule has 1 aromatic carbocycles. The maximum Gasteiger partial charge on any atom is 0.494 e. The van der Waals surface area contributed by atoms with E-state index in [4.69, 9.17) is 13.7 Å². The summed E-state index contributed by atoms with van der Waals surface area (Å²) in [5, 5.41) is 0.106. The van der Waals surface area contributed by atoms with E-state index >= 15 is 0 Å². The second-order valence-corrected chi connectivity index (χ2v) is 16.4. The number of benzene rings is 1. The minimum Gasteiger partial charge on any atom is -0.408 e. The monoisotopic (exact) mass is 457 g/mol. The Kier molecular flexibility index (Phi) is 6.89. The maximum absolute atomic E-state index is 12.7. The molecule has 2 heterocycles. The van der Waals surface area contributed by atoms with Crippen LogP contribution in [0.3, 0.4) is 0 Å². The lowest BCUT2D eigenvalue weighted by Crippen LogP contribution is -2.45. The molecular formula is C25H40BNO4Si. The SMILES string of the molecule is CC1(C)OB(c2ccc(C3=CCN(C(=O)CO[Si](C)(C)C(C)(C)C)CC3)cc2)OC1(C)C. The van der Waals surface area contributed by atoms with Crippen molar-refractivity contribution in [3.8, 4) is 0 Å². The Morgan fingerprint density at radius 1 is 1.09 bits per heavy atom. The Morgan fingerprint density at radius 3 is 2.12 bits per heavy atom. The third kappa shape index (κ3) is 5.22. The van der Waals surface area contributed by atoms with Crippen LogP contribution in [0.25, 0.3) is 5.57 Å². The van der Waals surface area contributed by atoms with E-state index in [1.165, 1.54) is 11.1 Å². The number of hydrogen-bond acceptors (Lipinski definition) is 4. The van der Waals surface area contributed by atoms with Gasteiger partial charge >= 0.3 is 7.12 Å². The molecule has 0 bridgehead atoms. The van der Waals surface area contributed by atoms with Gasteiger partial charge in [-0.05, 0) is 68.8 Å². The summed E-state index contributed by atoms with van der Waals surface area (Å²) in [6, 6.07) is 8.43. The molecule has 0 aliphatic carbocycles. The van der Waals surface area contributed by atoms with E-state index in [1.54, 1.807) is 0 Å². The van der Waals surface area contributed by atoms with Crippen molar-refractivity contribution in [1.29, 1.82) is 0 Å². The standard InChI is InChI=1S/C25H40BNO4Si/c1-23(2,3)32(8,9)29-18-22(28)27-16-14-20(15-17-27)19-10-12-21(13-11-19)26-30-24(4,5)25(6,7)31-26/h10-14H,15-18H2,1-9H3. The van der Waals surface area contributed by atoms with Crippen LogP contribution in [0, 0.1) is 0 Å². The normalized spacial score (nSPS) is 21.0. The lowest BCUT2D eigenvalue weighted by Gasteiger charge is -2.36. The molecule has 32 heavy (non-hydrogen) atoms. The molecule has 1 fully saturated rings. The van der Waals surface area contributed by atoms with Gasteiger partial charge in [-0.2, -0.15) is 0 Å². The number of hydrogen-bond donors (Lipinski definition) is 0. The van der Waals surface area contributed by atoms with Crippen LogP contribution in [0.15, 0.2) is 30.3 Å². The first kappa shape index (κ1) is 25.2. The van der Waals surface area contributed by atoms with Crippen LogP contribution in [0.5, 0.6) is 0 Å². The van der Waals surface area contributed by atoms with Gasteiger partial charge in [-0.1, -0.05) is 51.1 Å². The Hall–Kier alpha value is -1.41. The lowest BCUT2D eigenvalue weighted by atomic mass is 9.78. The third-order valence-electron chi connectivity index (χ3n) is 7.73. The Bertz CT molecular complexity index is 855. The fraction of sp³-hybridized carbons (Fsp3) is 0.640. The van der Waals surface area contributed by atoms with Gasteiger partial charge in [0.25, 0.3) is 0 Å². The first-order chi connectivity index (χ1) is 14.6. The second kappa shape index (κ2) is 8.75. The maximum atomic E-state index is 12.7. The highest BCUT2D eigenvalue weighted by atomic mass is 28.4. The predicted octanol–water partition coefficient (Wildman–Crippen LogP) is 4.62. The van der Waals surface area contributed by atoms with Gasteiger partial charge in [0, 0.05) is 13.1 Å². The molecule has 0 aromatic heterocycles. The van der Waals surface area contributed by atoms with Crippen LogP contribution in [0.4, 0.5) is 0 Å². The van der Waals surface area contributed by atoms with E-state index in [0.717, 1.165) is 18.4 Å². The summed E-state index contributed by atoms with van der Waals surface area (Å²) in [4.78, 5) is 14.6. The number of carbonyl (C=O) groups is 1. The van der Waals surface area contributed by atoms with Crippen molar-refractivity contribution in [2.24, 2.45) is 0 Å². The molecule has 1 aromatic rings. The Labute approximate surface area is 195 Å². The largest absolute Gasteiger partial charge is 0.494 e. The fourth-order valence-corrected chi connectivity index (χ4v) is 4.46. The van der Waals surface area contributed by atoms with Gasteiger partial charge < -0.3 is 18.6 Å². The van der Waals surface area contributed by atoms with Crippen LogP contribution >= 0.6 is 0 Å². The molecule has 7 heteroatoms. The summed E-state index contributed by atoms with van der Waals surface area (Å²) < 4.78 is 18.4. The highest BCUT2D eigenvalue weighted by molar-refractivity contribution is 6.74. The molecule has 0 atom stereocenters. The molecule has 0 saturated carbocycles. The van der Waals surface area contributed by atoms with Gasteiger partial charge in [-0.25, -0.2) is 0 Å². The number of amides is 1. The molecule has 0 N–H and O–H groups in total. The Morgan fingerprint density at radius 2 is 1.66 bits per heavy atom. The molecule has 0 radical (unpaired) electrons. The highest BCUT2D eigenvalue weighted by Gasteiger charge is 2.51. The molecule has 1 saturated heterocycles. The number of nitrogens with zero attached hydrogens (tertiary/aromatic N) is 1. The van der Waals surface area contributed by atoms with Gasteiger partial charge in [-0.3, -0.25) is 4.79 Å². The van der Waals surface area contributed by atoms with Gasteiger partial charge in [0.2, 0.25) is 5.91 Å². The zero-order chi connectivity index (χ0) is 23.9. The van der Waals surface area contributed by atoms with E-state index in [0.29, 0.717) is 6.54 Å². The molecule has 1 amide bonds. The molecule has 2 aliphatic heterocycles. The van der Waals surface area contributed by atoms with Crippen LogP contribution in [0.1, 0.15) is 60.5 Å². The summed E-state index contributed by atoms with van der Waals surface area (Å²) in [5.41, 5.74) is 2.82. The molecule has 3 rings (SSSR count). The van der Waals surface area contributed by atoms with Crippen LogP contribution < -0.4 is 5.46 Å². The van der Waals surface area contributed by atoms with E-state index in [9.17, 15) is 4.79 Å². The molecule has 0 spiro atoms. The van der Waals surface area contributed by atoms with Crippen molar-refractivity contribution >= 4 is 32.4 Å². The summed E-state index contributed by atoms with van der Waals surface area (Å²) >= 11 is 0. The van der Waals surface area contributed by atoms with E-state index < -0.39 is 8.32 Å². The van der Waals surface area contributed by atoms with Crippen molar-refractivity contribution in [3.05, 3.63) is 35.9 Å². The van der Waals surface area contributed by atoms with E-state index in [2.05, 4.69) is 91.9 Å². The smallest absolute Gasteiger partial charge is 0.408 e. The van der Waals surface area contributed by atoms with Gasteiger partial charge in [0.1, 0.15) is 6.61 Å². The first-order valence-electron chi connectivity index (χ1n) is 11.7. The van der Waals surface area contributed by atoms with E-state index in [1.807, 2.05) is 4.90 Å². The average molecular weight is 457 g/mol. The van der Waals surface area contributed by atoms with Crippen molar-refractivity contribution < 1.29 is 18.5 Å². The van der Waals surface area contributed by atoms with Crippen molar-refractivity contribution in [2.45, 2.75) is 84.2 Å². The summed E-state index contributed by atoms with van der Waals surface area (Å²) in [6.07, 6.45) is 3.01. The van der Waals surface area contributed by atoms with Crippen molar-refractivity contribution in [3.63, 3.8) is 0 Å². The van der Waals surface area contributed by atoms with Gasteiger partial charge in [0.05, 0.1) is 11.2 Å². The van der Waals surface area contributed by atoms with Gasteiger partial charge in [0.15, 0.2) is 8.32 Å². The summed E-state index contributed by atoms with van der Waals surface area (Å²) in [5.74, 6) is 0.0845. The predicted molar refractivity (Wildman–Crippen MR) is 134 cm³/mol. The lowest BCUT2D eigenvalue weighted by molar-refractivity contribution is -0.133. The van der Waals surface area contributed by atoms with Crippen LogP contribution in [0.2, 0.25) is 18.1 Å². The minimum atomic E-state index is -1.92. The zero-order valence-corrected chi connectivity index (χ0v) is 22.4. The zero-order valence-electron chi connectivity index (χ0n) is 21.4. The first-order valence-corrected chi connectivity index (χ1v) is 14.6. The highest BCUT2D eigenvalue weighted by Crippen LogP contribution is 2.37. The quantitative estimate of drug-likeness (QED) is 0.606. The van der Waals surface area contributed by atoms with Gasteiger partial charge in [-0.15, -0.1) is 0 Å². The van der Waals surface area contributed by atoms with Crippen LogP contribution in [-0.2, 0) is 18.5 Å². The third-order valence-corrected chi connectivity index (χ3v) is 12.2. The molecule has 176 valence electrons. The van der Waals surface area contributed by atoms with Crippen molar-refractivity contribution in [1.82, 2.24) is 4.90 Å². The van der Waals surface area contributed by atoms with Crippen LogP contribution in [-0.4, -0.2) is 57.1 Å². The van der Waals surface area contributed by atoms with E-state index in [-0.39, 0.29) is 35.9 Å². The fourth-order valence-electron chi connectivity index (χ4n) is 3.54. The Balaban J connectivity index is 1.58. The second-order valence-electron chi connectivity index (χ2n) is 11.6. The molecule has 0 unspecified atom stereocenters. The van der Waals surface area contributed by atoms with Crippen molar-refractivity contribution in [2.75, 3.05) is 19.7 Å². The summed E-state index contributed by atoms with van der Waals surface area (Å²) in [6.45, 7) is 20.8. The minimum absolute atomic E-state index is 0.0845. The molecule has 5 nitrogen and oxygen atoms in total. The number of rotatable bonds is 5. The summed E-state index contributed by atoms with van der Waals surface area (Å²) in [7, 11) is -2.26.